The summed E-state index contributed by atoms with van der Waals surface area (Å²) in [6.07, 6.45) is 0.773. The molecule has 0 aromatic heterocycles. The van der Waals surface area contributed by atoms with Crippen molar-refractivity contribution in [3.8, 4) is 5.75 Å². The van der Waals surface area contributed by atoms with Crippen LogP contribution in [0.5, 0.6) is 5.75 Å². The van der Waals surface area contributed by atoms with Gasteiger partial charge in [-0.3, -0.25) is 4.79 Å². The molecule has 0 saturated heterocycles. The van der Waals surface area contributed by atoms with Crippen LogP contribution >= 0.6 is 22.6 Å². The van der Waals surface area contributed by atoms with Crippen LogP contribution in [0.4, 0.5) is 0 Å². The van der Waals surface area contributed by atoms with E-state index in [2.05, 4.69) is 22.6 Å². The predicted molar refractivity (Wildman–Crippen MR) is 68.9 cm³/mol. The molecule has 0 spiro atoms. The molecule has 0 fully saturated rings. The minimum absolute atomic E-state index is 0.172. The molecule has 1 aromatic carbocycles. The van der Waals surface area contributed by atoms with Gasteiger partial charge in [0.05, 0.1) is 8.99 Å². The Morgan fingerprint density at radius 1 is 1.40 bits per heavy atom. The third-order valence-electron chi connectivity index (χ3n) is 2.48. The standard InChI is InChI=1S/C12H15IO2/c1-4-12(2,3)11(14)15-10-8-6-5-7-9(10)13/h5-8H,4H2,1-3H3. The second kappa shape index (κ2) is 4.96. The van der Waals surface area contributed by atoms with Crippen LogP contribution in [0.25, 0.3) is 0 Å². The molecule has 82 valence electrons. The molecule has 3 heteroatoms. The number of carbonyl (C=O) groups excluding carboxylic acids is 1. The van der Waals surface area contributed by atoms with E-state index in [9.17, 15) is 4.79 Å². The maximum atomic E-state index is 11.8. The quantitative estimate of drug-likeness (QED) is 0.483. The van der Waals surface area contributed by atoms with Crippen LogP contribution in [-0.2, 0) is 4.79 Å². The van der Waals surface area contributed by atoms with Crippen LogP contribution in [-0.4, -0.2) is 5.97 Å². The number of benzene rings is 1. The van der Waals surface area contributed by atoms with E-state index in [1.54, 1.807) is 0 Å². The first kappa shape index (κ1) is 12.5. The van der Waals surface area contributed by atoms with Crippen molar-refractivity contribution in [2.75, 3.05) is 0 Å². The molecule has 0 N–H and O–H groups in total. The molecule has 0 heterocycles. The molecule has 0 unspecified atom stereocenters. The van der Waals surface area contributed by atoms with Crippen molar-refractivity contribution in [1.82, 2.24) is 0 Å². The number of esters is 1. The molecule has 1 aromatic rings. The number of halogens is 1. The summed E-state index contributed by atoms with van der Waals surface area (Å²) < 4.78 is 6.31. The third-order valence-corrected chi connectivity index (χ3v) is 3.37. The molecule has 0 atom stereocenters. The highest BCUT2D eigenvalue weighted by Gasteiger charge is 2.27. The fraction of sp³-hybridized carbons (Fsp3) is 0.417. The average Bonchev–Trinajstić information content (AvgIpc) is 2.21. The second-order valence-corrected chi connectivity index (χ2v) is 5.22. The highest BCUT2D eigenvalue weighted by molar-refractivity contribution is 14.1. The van der Waals surface area contributed by atoms with Gasteiger partial charge < -0.3 is 4.74 Å². The molecular formula is C12H15IO2. The lowest BCUT2D eigenvalue weighted by molar-refractivity contribution is -0.144. The number of carbonyl (C=O) groups is 1. The first-order valence-electron chi connectivity index (χ1n) is 4.94. The molecule has 1 rings (SSSR count). The maximum absolute atomic E-state index is 11.8. The summed E-state index contributed by atoms with van der Waals surface area (Å²) >= 11 is 2.16. The van der Waals surface area contributed by atoms with Gasteiger partial charge in [-0.15, -0.1) is 0 Å². The zero-order valence-corrected chi connectivity index (χ0v) is 11.4. The number of hydrogen-bond donors (Lipinski definition) is 0. The molecule has 0 saturated carbocycles. The molecular weight excluding hydrogens is 303 g/mol. The fourth-order valence-corrected chi connectivity index (χ4v) is 1.41. The number of para-hydroxylation sites is 1. The zero-order valence-electron chi connectivity index (χ0n) is 9.21. The van der Waals surface area contributed by atoms with Gasteiger partial charge in [-0.25, -0.2) is 0 Å². The zero-order chi connectivity index (χ0) is 11.5. The van der Waals surface area contributed by atoms with E-state index in [4.69, 9.17) is 4.74 Å². The Balaban J connectivity index is 2.80. The van der Waals surface area contributed by atoms with Crippen molar-refractivity contribution in [3.05, 3.63) is 27.8 Å². The monoisotopic (exact) mass is 318 g/mol. The Morgan fingerprint density at radius 3 is 2.53 bits per heavy atom. The van der Waals surface area contributed by atoms with E-state index in [0.29, 0.717) is 5.75 Å². The molecule has 0 aliphatic rings. The summed E-state index contributed by atoms with van der Waals surface area (Å²) in [6, 6.07) is 7.52. The summed E-state index contributed by atoms with van der Waals surface area (Å²) in [5.41, 5.74) is -0.418. The van der Waals surface area contributed by atoms with E-state index in [1.807, 2.05) is 45.0 Å². The summed E-state index contributed by atoms with van der Waals surface area (Å²) in [7, 11) is 0. The average molecular weight is 318 g/mol. The van der Waals surface area contributed by atoms with Crippen molar-refractivity contribution < 1.29 is 9.53 Å². The minimum atomic E-state index is -0.418. The summed E-state index contributed by atoms with van der Waals surface area (Å²) in [4.78, 5) is 11.8. The third kappa shape index (κ3) is 3.19. The van der Waals surface area contributed by atoms with Crippen LogP contribution in [0.3, 0.4) is 0 Å². The summed E-state index contributed by atoms with van der Waals surface area (Å²) in [5.74, 6) is 0.471. The van der Waals surface area contributed by atoms with Gasteiger partial charge in [0.2, 0.25) is 0 Å². The van der Waals surface area contributed by atoms with Gasteiger partial charge in [0, 0.05) is 0 Å². The topological polar surface area (TPSA) is 26.3 Å². The molecule has 0 aliphatic heterocycles. The van der Waals surface area contributed by atoms with Gasteiger partial charge in [0.25, 0.3) is 0 Å². The lowest BCUT2D eigenvalue weighted by atomic mass is 9.91. The van der Waals surface area contributed by atoms with Gasteiger partial charge in [-0.2, -0.15) is 0 Å². The number of rotatable bonds is 3. The van der Waals surface area contributed by atoms with Crippen molar-refractivity contribution in [3.63, 3.8) is 0 Å². The van der Waals surface area contributed by atoms with Crippen LogP contribution in [0.15, 0.2) is 24.3 Å². The van der Waals surface area contributed by atoms with Crippen LogP contribution in [0.1, 0.15) is 27.2 Å². The largest absolute Gasteiger partial charge is 0.425 e. The second-order valence-electron chi connectivity index (χ2n) is 4.06. The maximum Gasteiger partial charge on any atom is 0.316 e. The summed E-state index contributed by atoms with van der Waals surface area (Å²) in [6.45, 7) is 5.77. The van der Waals surface area contributed by atoms with Crippen LogP contribution in [0.2, 0.25) is 0 Å². The molecule has 0 bridgehead atoms. The number of ether oxygens (including phenoxy) is 1. The normalized spacial score (nSPS) is 11.2. The Morgan fingerprint density at radius 2 is 2.00 bits per heavy atom. The molecule has 15 heavy (non-hydrogen) atoms. The highest BCUT2D eigenvalue weighted by Crippen LogP contribution is 2.26. The van der Waals surface area contributed by atoms with Gasteiger partial charge >= 0.3 is 5.97 Å². The summed E-state index contributed by atoms with van der Waals surface area (Å²) in [5, 5.41) is 0. The number of hydrogen-bond acceptors (Lipinski definition) is 2. The van der Waals surface area contributed by atoms with Crippen molar-refractivity contribution in [1.29, 1.82) is 0 Å². The Hall–Kier alpha value is -0.580. The Kier molecular flexibility index (Phi) is 4.13. The Labute approximate surface area is 104 Å². The first-order chi connectivity index (χ1) is 6.97. The van der Waals surface area contributed by atoms with Crippen molar-refractivity contribution in [2.45, 2.75) is 27.2 Å². The van der Waals surface area contributed by atoms with E-state index >= 15 is 0 Å². The van der Waals surface area contributed by atoms with Gasteiger partial charge in [0.1, 0.15) is 5.75 Å². The molecule has 2 nitrogen and oxygen atoms in total. The van der Waals surface area contributed by atoms with Crippen molar-refractivity contribution >= 4 is 28.6 Å². The minimum Gasteiger partial charge on any atom is -0.425 e. The SMILES string of the molecule is CCC(C)(C)C(=O)Oc1ccccc1I. The van der Waals surface area contributed by atoms with E-state index in [0.717, 1.165) is 9.99 Å². The Bertz CT molecular complexity index is 358. The lowest BCUT2D eigenvalue weighted by Crippen LogP contribution is -2.28. The van der Waals surface area contributed by atoms with E-state index in [-0.39, 0.29) is 5.97 Å². The van der Waals surface area contributed by atoms with Crippen LogP contribution < -0.4 is 4.74 Å². The smallest absolute Gasteiger partial charge is 0.316 e. The van der Waals surface area contributed by atoms with Gasteiger partial charge in [0.15, 0.2) is 0 Å². The molecule has 0 amide bonds. The van der Waals surface area contributed by atoms with Crippen molar-refractivity contribution in [2.24, 2.45) is 5.41 Å². The lowest BCUT2D eigenvalue weighted by Gasteiger charge is -2.20. The van der Waals surface area contributed by atoms with Gasteiger partial charge in [-0.05, 0) is 55.0 Å². The highest BCUT2D eigenvalue weighted by atomic mass is 127. The van der Waals surface area contributed by atoms with E-state index < -0.39 is 5.41 Å². The van der Waals surface area contributed by atoms with E-state index in [1.165, 1.54) is 0 Å². The van der Waals surface area contributed by atoms with Crippen LogP contribution in [0, 0.1) is 8.99 Å². The molecule has 0 aliphatic carbocycles. The fourth-order valence-electron chi connectivity index (χ4n) is 0.910. The molecule has 0 radical (unpaired) electrons. The first-order valence-corrected chi connectivity index (χ1v) is 6.02. The van der Waals surface area contributed by atoms with Gasteiger partial charge in [-0.1, -0.05) is 19.1 Å². The predicted octanol–water partition coefficient (Wildman–Crippen LogP) is 3.63.